The molecule has 3 N–H and O–H groups in total. The van der Waals surface area contributed by atoms with Gasteiger partial charge in [0.25, 0.3) is 0 Å². The summed E-state index contributed by atoms with van der Waals surface area (Å²) in [7, 11) is 0. The minimum Gasteiger partial charge on any atom is -0.368 e. The van der Waals surface area contributed by atoms with E-state index in [1.165, 1.54) is 0 Å². The van der Waals surface area contributed by atoms with E-state index in [0.717, 1.165) is 43.7 Å². The summed E-state index contributed by atoms with van der Waals surface area (Å²) in [4.78, 5) is 13.4. The SMILES string of the molecule is CCNCc1ccc(N2CCCC2C(N)=O)c(C#N)c1. The van der Waals surface area contributed by atoms with Gasteiger partial charge in [0.2, 0.25) is 5.91 Å². The quantitative estimate of drug-likeness (QED) is 0.841. The van der Waals surface area contributed by atoms with E-state index in [4.69, 9.17) is 5.73 Å². The van der Waals surface area contributed by atoms with Gasteiger partial charge >= 0.3 is 0 Å². The van der Waals surface area contributed by atoms with Crippen LogP contribution in [0.4, 0.5) is 5.69 Å². The molecule has 0 spiro atoms. The lowest BCUT2D eigenvalue weighted by atomic mass is 10.1. The minimum absolute atomic E-state index is 0.290. The lowest BCUT2D eigenvalue weighted by Crippen LogP contribution is -2.40. The zero-order valence-corrected chi connectivity index (χ0v) is 11.7. The Labute approximate surface area is 119 Å². The topological polar surface area (TPSA) is 82.2 Å². The summed E-state index contributed by atoms with van der Waals surface area (Å²) >= 11 is 0. The fourth-order valence-corrected chi connectivity index (χ4v) is 2.65. The van der Waals surface area contributed by atoms with Crippen LogP contribution in [0, 0.1) is 11.3 Å². The maximum Gasteiger partial charge on any atom is 0.240 e. The molecule has 0 saturated carbocycles. The number of primary amides is 1. The highest BCUT2D eigenvalue weighted by molar-refractivity contribution is 5.85. The average Bonchev–Trinajstić information content (AvgIpc) is 2.94. The molecule has 1 saturated heterocycles. The molecule has 2 rings (SSSR count). The van der Waals surface area contributed by atoms with Gasteiger partial charge in [0.05, 0.1) is 11.3 Å². The molecule has 20 heavy (non-hydrogen) atoms. The first-order valence-electron chi connectivity index (χ1n) is 6.97. The van der Waals surface area contributed by atoms with Crippen LogP contribution in [0.5, 0.6) is 0 Å². The van der Waals surface area contributed by atoms with Crippen LogP contribution in [0.1, 0.15) is 30.9 Å². The van der Waals surface area contributed by atoms with Gasteiger partial charge in [0.1, 0.15) is 12.1 Å². The smallest absolute Gasteiger partial charge is 0.240 e. The summed E-state index contributed by atoms with van der Waals surface area (Å²) in [6, 6.07) is 7.74. The summed E-state index contributed by atoms with van der Waals surface area (Å²) in [6.45, 7) is 4.44. The van der Waals surface area contributed by atoms with Crippen molar-refractivity contribution in [1.82, 2.24) is 5.32 Å². The molecule has 0 bridgehead atoms. The van der Waals surface area contributed by atoms with Crippen molar-refractivity contribution in [3.05, 3.63) is 29.3 Å². The molecule has 106 valence electrons. The Morgan fingerprint density at radius 3 is 3.05 bits per heavy atom. The molecule has 1 aromatic rings. The number of benzene rings is 1. The number of nitrogens with one attached hydrogen (secondary N) is 1. The van der Waals surface area contributed by atoms with E-state index in [1.54, 1.807) is 0 Å². The highest BCUT2D eigenvalue weighted by Gasteiger charge is 2.30. The second-order valence-corrected chi connectivity index (χ2v) is 5.00. The minimum atomic E-state index is -0.317. The lowest BCUT2D eigenvalue weighted by molar-refractivity contribution is -0.119. The number of nitriles is 1. The molecule has 1 amide bonds. The number of carbonyl (C=O) groups excluding carboxylic acids is 1. The molecule has 1 atom stereocenters. The van der Waals surface area contributed by atoms with Crippen LogP contribution in [0.3, 0.4) is 0 Å². The highest BCUT2D eigenvalue weighted by atomic mass is 16.1. The fraction of sp³-hybridized carbons (Fsp3) is 0.467. The van der Waals surface area contributed by atoms with E-state index in [2.05, 4.69) is 11.4 Å². The van der Waals surface area contributed by atoms with E-state index in [-0.39, 0.29) is 11.9 Å². The first-order valence-corrected chi connectivity index (χ1v) is 6.97. The van der Waals surface area contributed by atoms with Gasteiger partial charge in [-0.05, 0) is 37.1 Å². The molecule has 1 aliphatic rings. The molecule has 1 aliphatic heterocycles. The van der Waals surface area contributed by atoms with E-state index in [0.29, 0.717) is 5.56 Å². The first kappa shape index (κ1) is 14.4. The van der Waals surface area contributed by atoms with Crippen LogP contribution < -0.4 is 16.0 Å². The number of anilines is 1. The van der Waals surface area contributed by atoms with E-state index in [9.17, 15) is 10.1 Å². The van der Waals surface area contributed by atoms with Crippen LogP contribution in [0.15, 0.2) is 18.2 Å². The second kappa shape index (κ2) is 6.40. The van der Waals surface area contributed by atoms with Crippen LogP contribution in [-0.2, 0) is 11.3 Å². The molecular weight excluding hydrogens is 252 g/mol. The highest BCUT2D eigenvalue weighted by Crippen LogP contribution is 2.29. The summed E-state index contributed by atoms with van der Waals surface area (Å²) in [5, 5.41) is 12.6. The van der Waals surface area contributed by atoms with Gasteiger partial charge in [-0.1, -0.05) is 13.0 Å². The van der Waals surface area contributed by atoms with Crippen LogP contribution in [0.25, 0.3) is 0 Å². The monoisotopic (exact) mass is 272 g/mol. The zero-order chi connectivity index (χ0) is 14.5. The number of rotatable bonds is 5. The summed E-state index contributed by atoms with van der Waals surface area (Å²) in [6.07, 6.45) is 1.69. The average molecular weight is 272 g/mol. The summed E-state index contributed by atoms with van der Waals surface area (Å²) < 4.78 is 0. The number of nitrogens with two attached hydrogens (primary N) is 1. The van der Waals surface area contributed by atoms with Crippen molar-refractivity contribution in [3.8, 4) is 6.07 Å². The van der Waals surface area contributed by atoms with Gasteiger partial charge in [-0.15, -0.1) is 0 Å². The van der Waals surface area contributed by atoms with Crippen LogP contribution in [-0.4, -0.2) is 25.0 Å². The Hall–Kier alpha value is -2.06. The van der Waals surface area contributed by atoms with Crippen molar-refractivity contribution in [2.45, 2.75) is 32.4 Å². The van der Waals surface area contributed by atoms with Gasteiger partial charge in [0.15, 0.2) is 0 Å². The van der Waals surface area contributed by atoms with Crippen molar-refractivity contribution in [3.63, 3.8) is 0 Å². The third-order valence-corrected chi connectivity index (χ3v) is 3.65. The number of hydrogen-bond donors (Lipinski definition) is 2. The number of amides is 1. The number of carbonyl (C=O) groups is 1. The molecule has 0 radical (unpaired) electrons. The molecular formula is C15H20N4O. The standard InChI is InChI=1S/C15H20N4O/c1-2-18-10-11-5-6-13(12(8-11)9-16)19-7-3-4-14(19)15(17)20/h5-6,8,14,18H,2-4,7,10H2,1H3,(H2,17,20). The van der Waals surface area contributed by atoms with Crippen molar-refractivity contribution < 1.29 is 4.79 Å². The predicted molar refractivity (Wildman–Crippen MR) is 78.1 cm³/mol. The number of hydrogen-bond acceptors (Lipinski definition) is 4. The van der Waals surface area contributed by atoms with Crippen LogP contribution >= 0.6 is 0 Å². The van der Waals surface area contributed by atoms with E-state index >= 15 is 0 Å². The summed E-state index contributed by atoms with van der Waals surface area (Å²) in [5.74, 6) is -0.317. The third-order valence-electron chi connectivity index (χ3n) is 3.65. The first-order chi connectivity index (χ1) is 9.67. The van der Waals surface area contributed by atoms with Gasteiger partial charge in [-0.25, -0.2) is 0 Å². The van der Waals surface area contributed by atoms with Gasteiger partial charge < -0.3 is 16.0 Å². The molecule has 5 nitrogen and oxygen atoms in total. The van der Waals surface area contributed by atoms with Crippen molar-refractivity contribution in [2.24, 2.45) is 5.73 Å². The Morgan fingerprint density at radius 1 is 1.60 bits per heavy atom. The second-order valence-electron chi connectivity index (χ2n) is 5.00. The van der Waals surface area contributed by atoms with Gasteiger partial charge in [-0.3, -0.25) is 4.79 Å². The van der Waals surface area contributed by atoms with Crippen molar-refractivity contribution in [1.29, 1.82) is 5.26 Å². The predicted octanol–water partition coefficient (Wildman–Crippen LogP) is 1.12. The lowest BCUT2D eigenvalue weighted by Gasteiger charge is -2.25. The summed E-state index contributed by atoms with van der Waals surface area (Å²) in [5.41, 5.74) is 7.93. The zero-order valence-electron chi connectivity index (χ0n) is 11.7. The third kappa shape index (κ3) is 2.91. The Balaban J connectivity index is 2.28. The van der Waals surface area contributed by atoms with Crippen molar-refractivity contribution >= 4 is 11.6 Å². The molecule has 1 unspecified atom stereocenters. The molecule has 0 aliphatic carbocycles. The molecule has 5 heteroatoms. The number of nitrogens with zero attached hydrogens (tertiary/aromatic N) is 2. The maximum absolute atomic E-state index is 11.5. The normalized spacial score (nSPS) is 18.0. The fourth-order valence-electron chi connectivity index (χ4n) is 2.65. The molecule has 1 heterocycles. The molecule has 0 aromatic heterocycles. The Morgan fingerprint density at radius 2 is 2.40 bits per heavy atom. The largest absolute Gasteiger partial charge is 0.368 e. The van der Waals surface area contributed by atoms with Crippen molar-refractivity contribution in [2.75, 3.05) is 18.0 Å². The van der Waals surface area contributed by atoms with Crippen LogP contribution in [0.2, 0.25) is 0 Å². The Bertz CT molecular complexity index is 535. The van der Waals surface area contributed by atoms with E-state index < -0.39 is 0 Å². The van der Waals surface area contributed by atoms with Gasteiger partial charge in [0, 0.05) is 13.1 Å². The Kier molecular flexibility index (Phi) is 4.59. The van der Waals surface area contributed by atoms with Gasteiger partial charge in [-0.2, -0.15) is 5.26 Å². The van der Waals surface area contributed by atoms with E-state index in [1.807, 2.05) is 30.0 Å². The molecule has 1 aromatic carbocycles. The maximum atomic E-state index is 11.5. The molecule has 1 fully saturated rings.